The minimum absolute atomic E-state index is 0.547. The Morgan fingerprint density at radius 3 is 2.85 bits per heavy atom. The SMILES string of the molecule is CC(Nc1cnnn1C)C1CCC1. The Balaban J connectivity index is 1.93. The van der Waals surface area contributed by atoms with Crippen molar-refractivity contribution in [3.8, 4) is 0 Å². The molecule has 1 N–H and O–H groups in total. The van der Waals surface area contributed by atoms with Gasteiger partial charge in [-0.3, -0.25) is 0 Å². The predicted molar refractivity (Wildman–Crippen MR) is 51.4 cm³/mol. The standard InChI is InChI=1S/C9H16N4/c1-7(8-4-3-5-8)11-9-6-10-12-13(9)2/h6-8,11H,3-5H2,1-2H3. The maximum atomic E-state index is 3.88. The predicted octanol–water partition coefficient (Wildman–Crippen LogP) is 1.42. The monoisotopic (exact) mass is 180 g/mol. The molecule has 0 aromatic carbocycles. The van der Waals surface area contributed by atoms with E-state index in [9.17, 15) is 0 Å². The fourth-order valence-electron chi connectivity index (χ4n) is 1.71. The number of hydrogen-bond donors (Lipinski definition) is 1. The van der Waals surface area contributed by atoms with Crippen molar-refractivity contribution in [1.82, 2.24) is 15.0 Å². The van der Waals surface area contributed by atoms with E-state index >= 15 is 0 Å². The summed E-state index contributed by atoms with van der Waals surface area (Å²) in [6.07, 6.45) is 5.88. The van der Waals surface area contributed by atoms with Crippen LogP contribution in [-0.2, 0) is 7.05 Å². The van der Waals surface area contributed by atoms with Crippen LogP contribution < -0.4 is 5.32 Å². The van der Waals surface area contributed by atoms with Gasteiger partial charge in [-0.15, -0.1) is 5.10 Å². The van der Waals surface area contributed by atoms with Crippen LogP contribution >= 0.6 is 0 Å². The van der Waals surface area contributed by atoms with Gasteiger partial charge in [-0.05, 0) is 25.7 Å². The minimum Gasteiger partial charge on any atom is -0.366 e. The van der Waals surface area contributed by atoms with E-state index in [-0.39, 0.29) is 0 Å². The minimum atomic E-state index is 0.547. The molecule has 1 aromatic rings. The number of anilines is 1. The molecule has 1 saturated carbocycles. The average Bonchev–Trinajstić information content (AvgIpc) is 2.32. The number of rotatable bonds is 3. The third kappa shape index (κ3) is 1.66. The van der Waals surface area contributed by atoms with Crippen molar-refractivity contribution in [3.05, 3.63) is 6.20 Å². The highest BCUT2D eigenvalue weighted by molar-refractivity contribution is 5.32. The van der Waals surface area contributed by atoms with E-state index < -0.39 is 0 Å². The van der Waals surface area contributed by atoms with Gasteiger partial charge in [0.15, 0.2) is 0 Å². The van der Waals surface area contributed by atoms with Crippen LogP contribution in [0.1, 0.15) is 26.2 Å². The lowest BCUT2D eigenvalue weighted by atomic mass is 9.80. The zero-order chi connectivity index (χ0) is 9.26. The second-order valence-electron chi connectivity index (χ2n) is 3.87. The molecule has 1 unspecified atom stereocenters. The summed E-state index contributed by atoms with van der Waals surface area (Å²) in [7, 11) is 1.91. The first-order valence-corrected chi connectivity index (χ1v) is 4.88. The van der Waals surface area contributed by atoms with E-state index in [1.54, 1.807) is 10.9 Å². The zero-order valence-electron chi connectivity index (χ0n) is 8.20. The molecule has 0 aliphatic heterocycles. The van der Waals surface area contributed by atoms with Gasteiger partial charge in [0.2, 0.25) is 0 Å². The molecule has 13 heavy (non-hydrogen) atoms. The van der Waals surface area contributed by atoms with Gasteiger partial charge in [0.25, 0.3) is 0 Å². The number of aromatic nitrogens is 3. The van der Waals surface area contributed by atoms with Crippen molar-refractivity contribution in [1.29, 1.82) is 0 Å². The highest BCUT2D eigenvalue weighted by Gasteiger charge is 2.24. The molecule has 1 aliphatic carbocycles. The summed E-state index contributed by atoms with van der Waals surface area (Å²) in [4.78, 5) is 0. The molecule has 1 heterocycles. The van der Waals surface area contributed by atoms with Gasteiger partial charge in [0.1, 0.15) is 5.82 Å². The molecule has 0 saturated heterocycles. The van der Waals surface area contributed by atoms with Gasteiger partial charge in [0.05, 0.1) is 6.20 Å². The normalized spacial score (nSPS) is 19.5. The lowest BCUT2D eigenvalue weighted by Crippen LogP contribution is -2.31. The molecule has 1 fully saturated rings. The molecular weight excluding hydrogens is 164 g/mol. The van der Waals surface area contributed by atoms with Crippen LogP contribution in [0.25, 0.3) is 0 Å². The first-order chi connectivity index (χ1) is 6.27. The lowest BCUT2D eigenvalue weighted by molar-refractivity contribution is 0.284. The second kappa shape index (κ2) is 3.36. The summed E-state index contributed by atoms with van der Waals surface area (Å²) in [6.45, 7) is 2.23. The fourth-order valence-corrected chi connectivity index (χ4v) is 1.71. The molecular formula is C9H16N4. The summed E-state index contributed by atoms with van der Waals surface area (Å²) in [5.41, 5.74) is 0. The third-order valence-corrected chi connectivity index (χ3v) is 2.95. The molecule has 1 aliphatic rings. The smallest absolute Gasteiger partial charge is 0.144 e. The zero-order valence-corrected chi connectivity index (χ0v) is 8.20. The highest BCUT2D eigenvalue weighted by Crippen LogP contribution is 2.30. The van der Waals surface area contributed by atoms with Gasteiger partial charge < -0.3 is 5.32 Å². The van der Waals surface area contributed by atoms with Gasteiger partial charge in [-0.1, -0.05) is 11.6 Å². The topological polar surface area (TPSA) is 42.7 Å². The maximum absolute atomic E-state index is 3.88. The Labute approximate surface area is 78.3 Å². The quantitative estimate of drug-likeness (QED) is 0.765. The number of nitrogens with one attached hydrogen (secondary N) is 1. The third-order valence-electron chi connectivity index (χ3n) is 2.95. The van der Waals surface area contributed by atoms with E-state index in [4.69, 9.17) is 0 Å². The molecule has 0 radical (unpaired) electrons. The molecule has 4 heteroatoms. The van der Waals surface area contributed by atoms with Crippen molar-refractivity contribution < 1.29 is 0 Å². The summed E-state index contributed by atoms with van der Waals surface area (Å²) in [5, 5.41) is 11.1. The first-order valence-electron chi connectivity index (χ1n) is 4.88. The van der Waals surface area contributed by atoms with Gasteiger partial charge in [0, 0.05) is 13.1 Å². The van der Waals surface area contributed by atoms with Crippen LogP contribution in [0.15, 0.2) is 6.20 Å². The van der Waals surface area contributed by atoms with Crippen molar-refractivity contribution >= 4 is 5.82 Å². The van der Waals surface area contributed by atoms with Crippen LogP contribution in [0.5, 0.6) is 0 Å². The largest absolute Gasteiger partial charge is 0.366 e. The Morgan fingerprint density at radius 1 is 1.62 bits per heavy atom. The first kappa shape index (κ1) is 8.53. The molecule has 0 spiro atoms. The highest BCUT2D eigenvalue weighted by atomic mass is 15.4. The van der Waals surface area contributed by atoms with Crippen LogP contribution in [0, 0.1) is 5.92 Å². The molecule has 0 bridgehead atoms. The summed E-state index contributed by atoms with van der Waals surface area (Å²) < 4.78 is 1.77. The van der Waals surface area contributed by atoms with Gasteiger partial charge in [-0.2, -0.15) is 0 Å². The Morgan fingerprint density at radius 2 is 2.38 bits per heavy atom. The van der Waals surface area contributed by atoms with E-state index in [1.807, 2.05) is 7.05 Å². The molecule has 0 amide bonds. The van der Waals surface area contributed by atoms with E-state index in [2.05, 4.69) is 22.6 Å². The van der Waals surface area contributed by atoms with Crippen LogP contribution in [-0.4, -0.2) is 21.0 Å². The summed E-state index contributed by atoms with van der Waals surface area (Å²) >= 11 is 0. The Bertz CT molecular complexity index is 277. The van der Waals surface area contributed by atoms with E-state index in [1.165, 1.54) is 19.3 Å². The van der Waals surface area contributed by atoms with Crippen molar-refractivity contribution in [2.24, 2.45) is 13.0 Å². The fraction of sp³-hybridized carbons (Fsp3) is 0.778. The van der Waals surface area contributed by atoms with E-state index in [0.717, 1.165) is 11.7 Å². The molecule has 2 rings (SSSR count). The average molecular weight is 180 g/mol. The number of nitrogens with zero attached hydrogens (tertiary/aromatic N) is 3. The maximum Gasteiger partial charge on any atom is 0.144 e. The van der Waals surface area contributed by atoms with Gasteiger partial charge in [-0.25, -0.2) is 4.68 Å². The molecule has 4 nitrogen and oxygen atoms in total. The van der Waals surface area contributed by atoms with Crippen LogP contribution in [0.4, 0.5) is 5.82 Å². The summed E-state index contributed by atoms with van der Waals surface area (Å²) in [6, 6.07) is 0.547. The van der Waals surface area contributed by atoms with Crippen LogP contribution in [0.2, 0.25) is 0 Å². The Kier molecular flexibility index (Phi) is 2.20. The Hall–Kier alpha value is -1.06. The van der Waals surface area contributed by atoms with Crippen molar-refractivity contribution in [2.45, 2.75) is 32.2 Å². The lowest BCUT2D eigenvalue weighted by Gasteiger charge is -2.32. The van der Waals surface area contributed by atoms with Crippen molar-refractivity contribution in [3.63, 3.8) is 0 Å². The molecule has 1 aromatic heterocycles. The van der Waals surface area contributed by atoms with Crippen molar-refractivity contribution in [2.75, 3.05) is 5.32 Å². The second-order valence-corrected chi connectivity index (χ2v) is 3.87. The molecule has 72 valence electrons. The van der Waals surface area contributed by atoms with Gasteiger partial charge >= 0.3 is 0 Å². The molecule has 1 atom stereocenters. The number of aryl methyl sites for hydroxylation is 1. The number of hydrogen-bond acceptors (Lipinski definition) is 3. The van der Waals surface area contributed by atoms with Crippen LogP contribution in [0.3, 0.4) is 0 Å². The van der Waals surface area contributed by atoms with E-state index in [0.29, 0.717) is 6.04 Å². The summed E-state index contributed by atoms with van der Waals surface area (Å²) in [5.74, 6) is 1.86.